The molecule has 0 aliphatic carbocycles. The van der Waals surface area contributed by atoms with Crippen molar-refractivity contribution >= 4 is 16.8 Å². The van der Waals surface area contributed by atoms with E-state index in [0.717, 1.165) is 0 Å². The van der Waals surface area contributed by atoms with Crippen molar-refractivity contribution in [2.24, 2.45) is 15.8 Å². The molecule has 0 saturated heterocycles. The van der Waals surface area contributed by atoms with Crippen molar-refractivity contribution in [2.75, 3.05) is 0 Å². The van der Waals surface area contributed by atoms with Gasteiger partial charge in [0.2, 0.25) is 0 Å². The minimum Gasteiger partial charge on any atom is -0.278 e. The van der Waals surface area contributed by atoms with Crippen molar-refractivity contribution in [3.63, 3.8) is 0 Å². The highest BCUT2D eigenvalue weighted by Crippen LogP contribution is 2.43. The van der Waals surface area contributed by atoms with E-state index in [1.54, 1.807) is 0 Å². The zero-order chi connectivity index (χ0) is 11.1. The Bertz CT molecular complexity index is 242. The first-order valence-electron chi connectivity index (χ1n) is 5.37. The lowest BCUT2D eigenvalue weighted by atomic mass is 9.88. The molecule has 1 rings (SSSR count). The van der Waals surface area contributed by atoms with Gasteiger partial charge >= 0.3 is 0 Å². The molecule has 14 heavy (non-hydrogen) atoms. The Kier molecular flexibility index (Phi) is 3.07. The maximum Gasteiger partial charge on any atom is 0.0736 e. The predicted molar refractivity (Wildman–Crippen MR) is 67.2 cm³/mol. The summed E-state index contributed by atoms with van der Waals surface area (Å²) < 4.78 is 0. The molecular weight excluding hydrogens is 190 g/mol. The highest BCUT2D eigenvalue weighted by molar-refractivity contribution is 8.14. The molecule has 2 unspecified atom stereocenters. The van der Waals surface area contributed by atoms with Crippen LogP contribution in [-0.4, -0.2) is 16.3 Å². The van der Waals surface area contributed by atoms with Crippen LogP contribution < -0.4 is 0 Å². The van der Waals surface area contributed by atoms with Gasteiger partial charge in [0.15, 0.2) is 0 Å². The van der Waals surface area contributed by atoms with Gasteiger partial charge in [0.25, 0.3) is 0 Å². The maximum absolute atomic E-state index is 4.79. The third-order valence-electron chi connectivity index (χ3n) is 2.49. The minimum atomic E-state index is 0.221. The third-order valence-corrected chi connectivity index (χ3v) is 4.79. The van der Waals surface area contributed by atoms with Gasteiger partial charge in [0.05, 0.1) is 11.1 Å². The molecule has 0 radical (unpaired) electrons. The lowest BCUT2D eigenvalue weighted by molar-refractivity contribution is 0.369. The molecule has 2 atom stereocenters. The average Bonchev–Trinajstić information content (AvgIpc) is 2.27. The standard InChI is InChI=1S/C12H23NS/c1-8-9(11(2,3)4)14-10(13-8)12(5,6)7/h8-9H,1-7H3. The second kappa shape index (κ2) is 3.55. The van der Waals surface area contributed by atoms with E-state index in [2.05, 4.69) is 48.5 Å². The normalized spacial score (nSPS) is 29.2. The van der Waals surface area contributed by atoms with Gasteiger partial charge in [0.1, 0.15) is 0 Å². The maximum atomic E-state index is 4.79. The van der Waals surface area contributed by atoms with Crippen molar-refractivity contribution in [1.82, 2.24) is 0 Å². The quantitative estimate of drug-likeness (QED) is 0.593. The molecule has 1 aliphatic heterocycles. The summed E-state index contributed by atoms with van der Waals surface area (Å²) in [5.74, 6) is 0. The van der Waals surface area contributed by atoms with Crippen molar-refractivity contribution in [1.29, 1.82) is 0 Å². The second-order valence-corrected chi connectivity index (χ2v) is 7.46. The van der Waals surface area contributed by atoms with Gasteiger partial charge in [0, 0.05) is 10.7 Å². The van der Waals surface area contributed by atoms with Gasteiger partial charge in [-0.15, -0.1) is 11.8 Å². The summed E-state index contributed by atoms with van der Waals surface area (Å²) in [4.78, 5) is 4.79. The molecule has 82 valence electrons. The molecule has 0 saturated carbocycles. The molecule has 0 aromatic heterocycles. The number of nitrogens with zero attached hydrogens (tertiary/aromatic N) is 1. The fraction of sp³-hybridized carbons (Fsp3) is 0.917. The van der Waals surface area contributed by atoms with Crippen molar-refractivity contribution in [3.05, 3.63) is 0 Å². The highest BCUT2D eigenvalue weighted by Gasteiger charge is 2.39. The monoisotopic (exact) mass is 213 g/mol. The van der Waals surface area contributed by atoms with Crippen LogP contribution in [0.15, 0.2) is 4.99 Å². The molecule has 0 aromatic rings. The Morgan fingerprint density at radius 2 is 1.57 bits per heavy atom. The molecule has 1 nitrogen and oxygen atoms in total. The van der Waals surface area contributed by atoms with Gasteiger partial charge in [-0.25, -0.2) is 0 Å². The zero-order valence-electron chi connectivity index (χ0n) is 10.5. The summed E-state index contributed by atoms with van der Waals surface area (Å²) in [6, 6.07) is 0.467. The van der Waals surface area contributed by atoms with Crippen LogP contribution in [0, 0.1) is 10.8 Å². The first kappa shape index (κ1) is 12.1. The van der Waals surface area contributed by atoms with Crippen molar-refractivity contribution in [2.45, 2.75) is 59.8 Å². The van der Waals surface area contributed by atoms with E-state index in [1.165, 1.54) is 5.04 Å². The van der Waals surface area contributed by atoms with Crippen molar-refractivity contribution < 1.29 is 0 Å². The van der Waals surface area contributed by atoms with Gasteiger partial charge < -0.3 is 0 Å². The lowest BCUT2D eigenvalue weighted by Crippen LogP contribution is -2.29. The number of thioether (sulfide) groups is 1. The van der Waals surface area contributed by atoms with Gasteiger partial charge in [-0.05, 0) is 12.3 Å². The topological polar surface area (TPSA) is 12.4 Å². The number of aliphatic imine (C=N–C) groups is 1. The second-order valence-electron chi connectivity index (χ2n) is 6.33. The average molecular weight is 213 g/mol. The Morgan fingerprint density at radius 3 is 1.79 bits per heavy atom. The molecular formula is C12H23NS. The SMILES string of the molecule is CC1N=C(C(C)(C)C)SC1C(C)(C)C. The van der Waals surface area contributed by atoms with E-state index >= 15 is 0 Å². The first-order chi connectivity index (χ1) is 6.12. The fourth-order valence-electron chi connectivity index (χ4n) is 1.77. The number of hydrogen-bond donors (Lipinski definition) is 0. The van der Waals surface area contributed by atoms with Crippen LogP contribution in [0.5, 0.6) is 0 Å². The summed E-state index contributed by atoms with van der Waals surface area (Å²) in [5, 5.41) is 1.96. The Labute approximate surface area is 92.8 Å². The van der Waals surface area contributed by atoms with E-state index in [0.29, 0.717) is 16.7 Å². The van der Waals surface area contributed by atoms with Crippen LogP contribution in [0.2, 0.25) is 0 Å². The summed E-state index contributed by atoms with van der Waals surface area (Å²) in [6.07, 6.45) is 0. The van der Waals surface area contributed by atoms with Crippen LogP contribution in [0.4, 0.5) is 0 Å². The van der Waals surface area contributed by atoms with Gasteiger partial charge in [-0.2, -0.15) is 0 Å². The highest BCUT2D eigenvalue weighted by atomic mass is 32.2. The third kappa shape index (κ3) is 2.53. The molecule has 0 spiro atoms. The van der Waals surface area contributed by atoms with E-state index in [4.69, 9.17) is 4.99 Å². The Morgan fingerprint density at radius 1 is 1.07 bits per heavy atom. The lowest BCUT2D eigenvalue weighted by Gasteiger charge is -2.29. The largest absolute Gasteiger partial charge is 0.278 e. The summed E-state index contributed by atoms with van der Waals surface area (Å²) in [6.45, 7) is 15.9. The van der Waals surface area contributed by atoms with Crippen LogP contribution in [0.25, 0.3) is 0 Å². The van der Waals surface area contributed by atoms with Crippen LogP contribution in [0.3, 0.4) is 0 Å². The smallest absolute Gasteiger partial charge is 0.0736 e. The predicted octanol–water partition coefficient (Wildman–Crippen LogP) is 3.98. The van der Waals surface area contributed by atoms with E-state index < -0.39 is 0 Å². The Balaban J connectivity index is 2.80. The fourth-order valence-corrected chi connectivity index (χ4v) is 3.21. The number of rotatable bonds is 0. The van der Waals surface area contributed by atoms with E-state index in [1.807, 2.05) is 11.8 Å². The first-order valence-corrected chi connectivity index (χ1v) is 6.25. The van der Waals surface area contributed by atoms with Crippen LogP contribution >= 0.6 is 11.8 Å². The van der Waals surface area contributed by atoms with Gasteiger partial charge in [-0.3, -0.25) is 4.99 Å². The summed E-state index contributed by atoms with van der Waals surface area (Å²) >= 11 is 1.98. The summed E-state index contributed by atoms with van der Waals surface area (Å²) in [7, 11) is 0. The molecule has 0 aromatic carbocycles. The molecule has 1 aliphatic rings. The summed E-state index contributed by atoms with van der Waals surface area (Å²) in [5.41, 5.74) is 0.569. The molecule has 2 heteroatoms. The van der Waals surface area contributed by atoms with Crippen molar-refractivity contribution in [3.8, 4) is 0 Å². The van der Waals surface area contributed by atoms with E-state index in [9.17, 15) is 0 Å². The molecule has 0 fully saturated rings. The molecule has 0 bridgehead atoms. The molecule has 1 heterocycles. The van der Waals surface area contributed by atoms with Gasteiger partial charge in [-0.1, -0.05) is 41.5 Å². The number of hydrogen-bond acceptors (Lipinski definition) is 2. The van der Waals surface area contributed by atoms with Crippen LogP contribution in [-0.2, 0) is 0 Å². The molecule has 0 amide bonds. The Hall–Kier alpha value is 0.0200. The zero-order valence-corrected chi connectivity index (χ0v) is 11.3. The van der Waals surface area contributed by atoms with Crippen LogP contribution in [0.1, 0.15) is 48.5 Å². The molecule has 0 N–H and O–H groups in total. The van der Waals surface area contributed by atoms with E-state index in [-0.39, 0.29) is 5.41 Å². The minimum absolute atomic E-state index is 0.221.